The Bertz CT molecular complexity index is 646. The Hall–Kier alpha value is -2.28. The van der Waals surface area contributed by atoms with Crippen LogP contribution >= 0.6 is 0 Å². The average molecular weight is 277 g/mol. The van der Waals surface area contributed by atoms with Crippen molar-refractivity contribution in [1.29, 1.82) is 0 Å². The summed E-state index contributed by atoms with van der Waals surface area (Å²) >= 11 is 0. The standard InChI is InChI=1S/C12H11N3O3S/c13-11-5-2-6-14-12(11)19(18)8-9-3-1-4-10(7-9)15(16)17/h1-7H,8,13H2. The molecule has 0 fully saturated rings. The summed E-state index contributed by atoms with van der Waals surface area (Å²) in [5.74, 6) is 0.142. The van der Waals surface area contributed by atoms with Gasteiger partial charge in [0.25, 0.3) is 5.69 Å². The molecule has 2 N–H and O–H groups in total. The molecule has 7 heteroatoms. The number of hydrogen-bond acceptors (Lipinski definition) is 5. The third kappa shape index (κ3) is 3.14. The van der Waals surface area contributed by atoms with E-state index in [1.54, 1.807) is 24.3 Å². The van der Waals surface area contributed by atoms with Gasteiger partial charge in [-0.05, 0) is 17.7 Å². The van der Waals surface area contributed by atoms with Crippen LogP contribution in [0.25, 0.3) is 0 Å². The van der Waals surface area contributed by atoms with Gasteiger partial charge in [0.2, 0.25) is 0 Å². The lowest BCUT2D eigenvalue weighted by Gasteiger charge is -2.04. The van der Waals surface area contributed by atoms with Gasteiger partial charge in [-0.2, -0.15) is 0 Å². The zero-order chi connectivity index (χ0) is 13.8. The minimum Gasteiger partial charge on any atom is -0.396 e. The Morgan fingerprint density at radius 1 is 1.32 bits per heavy atom. The lowest BCUT2D eigenvalue weighted by Crippen LogP contribution is -2.03. The van der Waals surface area contributed by atoms with E-state index < -0.39 is 15.7 Å². The van der Waals surface area contributed by atoms with Crippen LogP contribution in [0.5, 0.6) is 0 Å². The number of non-ortho nitro benzene ring substituents is 1. The van der Waals surface area contributed by atoms with Gasteiger partial charge in [0.1, 0.15) is 5.03 Å². The highest BCUT2D eigenvalue weighted by molar-refractivity contribution is 7.84. The summed E-state index contributed by atoms with van der Waals surface area (Å²) in [6.45, 7) is 0. The summed E-state index contributed by atoms with van der Waals surface area (Å²) in [6, 6.07) is 9.31. The van der Waals surface area contributed by atoms with Crippen molar-refractivity contribution in [3.8, 4) is 0 Å². The van der Waals surface area contributed by atoms with E-state index >= 15 is 0 Å². The minimum absolute atomic E-state index is 0.0245. The SMILES string of the molecule is Nc1cccnc1S(=O)Cc1cccc([N+](=O)[O-])c1. The largest absolute Gasteiger partial charge is 0.396 e. The van der Waals surface area contributed by atoms with Crippen molar-refractivity contribution in [1.82, 2.24) is 4.98 Å². The van der Waals surface area contributed by atoms with E-state index in [1.165, 1.54) is 18.3 Å². The van der Waals surface area contributed by atoms with Crippen LogP contribution in [0, 0.1) is 10.1 Å². The first-order valence-corrected chi connectivity index (χ1v) is 6.72. The molecule has 0 aliphatic rings. The summed E-state index contributed by atoms with van der Waals surface area (Å²) in [5.41, 5.74) is 6.63. The van der Waals surface area contributed by atoms with E-state index in [1.807, 2.05) is 0 Å². The molecule has 6 nitrogen and oxygen atoms in total. The molecule has 0 saturated carbocycles. The highest BCUT2D eigenvalue weighted by Crippen LogP contribution is 2.19. The second-order valence-electron chi connectivity index (χ2n) is 3.81. The lowest BCUT2D eigenvalue weighted by molar-refractivity contribution is -0.384. The summed E-state index contributed by atoms with van der Waals surface area (Å²) in [6.07, 6.45) is 1.51. The third-order valence-corrected chi connectivity index (χ3v) is 3.80. The zero-order valence-electron chi connectivity index (χ0n) is 9.85. The average Bonchev–Trinajstić information content (AvgIpc) is 2.39. The molecule has 0 bridgehead atoms. The van der Waals surface area contributed by atoms with Crippen molar-refractivity contribution >= 4 is 22.2 Å². The molecule has 1 aromatic heterocycles. The van der Waals surface area contributed by atoms with Gasteiger partial charge in [-0.3, -0.25) is 14.3 Å². The van der Waals surface area contributed by atoms with Crippen molar-refractivity contribution in [2.75, 3.05) is 5.73 Å². The molecule has 19 heavy (non-hydrogen) atoms. The lowest BCUT2D eigenvalue weighted by atomic mass is 10.2. The molecule has 0 spiro atoms. The molecule has 1 unspecified atom stereocenters. The maximum atomic E-state index is 12.1. The van der Waals surface area contributed by atoms with Crippen LogP contribution in [-0.2, 0) is 16.6 Å². The third-order valence-electron chi connectivity index (χ3n) is 2.44. The molecule has 0 saturated heterocycles. The molecular formula is C12H11N3O3S. The first-order chi connectivity index (χ1) is 9.08. The van der Waals surface area contributed by atoms with Gasteiger partial charge >= 0.3 is 0 Å². The summed E-state index contributed by atoms with van der Waals surface area (Å²) in [5, 5.41) is 11.0. The highest BCUT2D eigenvalue weighted by Gasteiger charge is 2.12. The van der Waals surface area contributed by atoms with E-state index in [0.717, 1.165) is 0 Å². The van der Waals surface area contributed by atoms with Gasteiger partial charge in [0, 0.05) is 18.3 Å². The number of hydrogen-bond donors (Lipinski definition) is 1. The monoisotopic (exact) mass is 277 g/mol. The number of benzene rings is 1. The predicted molar refractivity (Wildman–Crippen MR) is 71.9 cm³/mol. The Kier molecular flexibility index (Phi) is 3.86. The Labute approximate surface area is 111 Å². The van der Waals surface area contributed by atoms with Crippen molar-refractivity contribution in [2.24, 2.45) is 0 Å². The van der Waals surface area contributed by atoms with E-state index in [4.69, 9.17) is 5.73 Å². The van der Waals surface area contributed by atoms with E-state index in [-0.39, 0.29) is 11.4 Å². The molecule has 0 aliphatic heterocycles. The minimum atomic E-state index is -1.43. The molecule has 1 aromatic carbocycles. The molecule has 1 atom stereocenters. The number of anilines is 1. The number of nitro groups is 1. The first-order valence-electron chi connectivity index (χ1n) is 5.40. The van der Waals surface area contributed by atoms with E-state index in [2.05, 4.69) is 4.98 Å². The fourth-order valence-electron chi connectivity index (χ4n) is 1.57. The molecule has 0 amide bonds. The van der Waals surface area contributed by atoms with Gasteiger partial charge in [0.15, 0.2) is 0 Å². The summed E-state index contributed by atoms with van der Waals surface area (Å²) in [7, 11) is -1.43. The van der Waals surface area contributed by atoms with Gasteiger partial charge in [-0.15, -0.1) is 0 Å². The molecule has 98 valence electrons. The Morgan fingerprint density at radius 3 is 2.79 bits per heavy atom. The van der Waals surface area contributed by atoms with Gasteiger partial charge < -0.3 is 5.73 Å². The van der Waals surface area contributed by atoms with Gasteiger partial charge in [-0.25, -0.2) is 4.98 Å². The number of pyridine rings is 1. The molecular weight excluding hydrogens is 266 g/mol. The number of nitrogens with two attached hydrogens (primary N) is 1. The number of nitrogens with zero attached hydrogens (tertiary/aromatic N) is 2. The van der Waals surface area contributed by atoms with Crippen LogP contribution in [0.4, 0.5) is 11.4 Å². The molecule has 0 radical (unpaired) electrons. The quantitative estimate of drug-likeness (QED) is 0.679. The van der Waals surface area contributed by atoms with Crippen LogP contribution in [0.2, 0.25) is 0 Å². The predicted octanol–water partition coefficient (Wildman–Crippen LogP) is 1.88. The van der Waals surface area contributed by atoms with Crippen LogP contribution in [-0.4, -0.2) is 14.1 Å². The van der Waals surface area contributed by atoms with Crippen molar-refractivity contribution in [3.05, 3.63) is 58.3 Å². The number of nitro benzene ring substituents is 1. The number of nitrogen functional groups attached to an aromatic ring is 1. The summed E-state index contributed by atoms with van der Waals surface area (Å²) in [4.78, 5) is 14.1. The van der Waals surface area contributed by atoms with E-state index in [0.29, 0.717) is 16.3 Å². The second kappa shape index (κ2) is 5.57. The second-order valence-corrected chi connectivity index (χ2v) is 5.18. The van der Waals surface area contributed by atoms with Crippen LogP contribution in [0.15, 0.2) is 47.6 Å². The fourth-order valence-corrected chi connectivity index (χ4v) is 2.70. The molecule has 2 aromatic rings. The van der Waals surface area contributed by atoms with Crippen LogP contribution < -0.4 is 5.73 Å². The zero-order valence-corrected chi connectivity index (χ0v) is 10.7. The highest BCUT2D eigenvalue weighted by atomic mass is 32.2. The molecule has 1 heterocycles. The summed E-state index contributed by atoms with van der Waals surface area (Å²) < 4.78 is 12.1. The normalized spacial score (nSPS) is 12.0. The maximum absolute atomic E-state index is 12.1. The van der Waals surface area contributed by atoms with Gasteiger partial charge in [0.05, 0.1) is 27.2 Å². The molecule has 0 aliphatic carbocycles. The maximum Gasteiger partial charge on any atom is 0.269 e. The number of rotatable bonds is 4. The number of aromatic nitrogens is 1. The molecule has 2 rings (SSSR count). The topological polar surface area (TPSA) is 99.1 Å². The van der Waals surface area contributed by atoms with Gasteiger partial charge in [-0.1, -0.05) is 12.1 Å². The van der Waals surface area contributed by atoms with E-state index in [9.17, 15) is 14.3 Å². The first kappa shape index (κ1) is 13.2. The van der Waals surface area contributed by atoms with Crippen molar-refractivity contribution in [3.63, 3.8) is 0 Å². The Balaban J connectivity index is 2.22. The fraction of sp³-hybridized carbons (Fsp3) is 0.0833. The van der Waals surface area contributed by atoms with Crippen LogP contribution in [0.3, 0.4) is 0 Å². The van der Waals surface area contributed by atoms with Crippen LogP contribution in [0.1, 0.15) is 5.56 Å². The van der Waals surface area contributed by atoms with Crippen molar-refractivity contribution < 1.29 is 9.13 Å². The van der Waals surface area contributed by atoms with Crippen molar-refractivity contribution in [2.45, 2.75) is 10.8 Å². The Morgan fingerprint density at radius 2 is 2.11 bits per heavy atom. The smallest absolute Gasteiger partial charge is 0.269 e.